The number of nitrogens with one attached hydrogen (secondary N) is 1. The highest BCUT2D eigenvalue weighted by Crippen LogP contribution is 2.52. The van der Waals surface area contributed by atoms with Crippen LogP contribution in [0.25, 0.3) is 0 Å². The molecular weight excluding hydrogens is 348 g/mol. The number of hydrogen-bond acceptors (Lipinski definition) is 5. The van der Waals surface area contributed by atoms with Crippen molar-refractivity contribution in [3.8, 4) is 0 Å². The third-order valence-corrected chi connectivity index (χ3v) is 7.08. The van der Waals surface area contributed by atoms with Gasteiger partial charge in [0.25, 0.3) is 0 Å². The Hall–Kier alpha value is -1.95. The van der Waals surface area contributed by atoms with Gasteiger partial charge in [0, 0.05) is 37.3 Å². The molecule has 1 aliphatic carbocycles. The van der Waals surface area contributed by atoms with Gasteiger partial charge in [-0.3, -0.25) is 4.90 Å². The van der Waals surface area contributed by atoms with E-state index in [1.165, 1.54) is 11.1 Å². The van der Waals surface area contributed by atoms with Crippen LogP contribution in [0, 0.1) is 6.92 Å². The van der Waals surface area contributed by atoms with Crippen molar-refractivity contribution in [2.45, 2.75) is 37.3 Å². The molecule has 5 rings (SSSR count). The van der Waals surface area contributed by atoms with Crippen molar-refractivity contribution in [2.24, 2.45) is 0 Å². The van der Waals surface area contributed by atoms with E-state index in [1.54, 1.807) is 0 Å². The number of fused-ring (bicyclic) bond motifs is 2. The Morgan fingerprint density at radius 3 is 2.50 bits per heavy atom. The topological polar surface area (TPSA) is 51.6 Å². The summed E-state index contributed by atoms with van der Waals surface area (Å²) in [5.41, 5.74) is 3.71. The first kappa shape index (κ1) is 18.1. The highest BCUT2D eigenvalue weighted by atomic mass is 16.3. The normalized spacial score (nSPS) is 27.1. The molecule has 3 aliphatic rings. The summed E-state index contributed by atoms with van der Waals surface area (Å²) in [5, 5.41) is 15.0. The molecule has 28 heavy (non-hydrogen) atoms. The van der Waals surface area contributed by atoms with E-state index >= 15 is 0 Å². The summed E-state index contributed by atoms with van der Waals surface area (Å²) in [7, 11) is 0. The van der Waals surface area contributed by atoms with Crippen LogP contribution < -0.4 is 10.2 Å². The number of nitrogens with zero attached hydrogens (tertiary/aromatic N) is 3. The van der Waals surface area contributed by atoms with E-state index in [4.69, 9.17) is 0 Å². The molecule has 1 spiro atoms. The minimum absolute atomic E-state index is 0.0816. The molecule has 2 atom stereocenters. The molecule has 2 aliphatic heterocycles. The molecule has 0 saturated carbocycles. The van der Waals surface area contributed by atoms with Crippen LogP contribution in [0.15, 0.2) is 42.5 Å². The summed E-state index contributed by atoms with van der Waals surface area (Å²) < 4.78 is 0. The maximum Gasteiger partial charge on any atom is 0.128 e. The largest absolute Gasteiger partial charge is 0.390 e. The second-order valence-electron chi connectivity index (χ2n) is 8.54. The number of aryl methyl sites for hydroxylation is 1. The van der Waals surface area contributed by atoms with E-state index in [2.05, 4.69) is 56.5 Å². The number of aliphatic hydroxyl groups excluding tert-OH is 1. The van der Waals surface area contributed by atoms with Crippen molar-refractivity contribution in [2.75, 3.05) is 44.2 Å². The number of rotatable bonds is 2. The van der Waals surface area contributed by atoms with Gasteiger partial charge in [-0.15, -0.1) is 0 Å². The van der Waals surface area contributed by atoms with Crippen LogP contribution in [-0.4, -0.2) is 60.4 Å². The molecule has 0 radical (unpaired) electrons. The summed E-state index contributed by atoms with van der Waals surface area (Å²) in [6, 6.07) is 15.1. The molecule has 148 valence electrons. The molecule has 3 heterocycles. The van der Waals surface area contributed by atoms with Gasteiger partial charge in [0.15, 0.2) is 0 Å². The average molecular weight is 379 g/mol. The highest BCUT2D eigenvalue weighted by Gasteiger charge is 2.53. The third kappa shape index (κ3) is 2.84. The van der Waals surface area contributed by atoms with Gasteiger partial charge in [-0.2, -0.15) is 0 Å². The summed E-state index contributed by atoms with van der Waals surface area (Å²) in [4.78, 5) is 9.57. The van der Waals surface area contributed by atoms with Gasteiger partial charge in [0.2, 0.25) is 0 Å². The van der Waals surface area contributed by atoms with Crippen LogP contribution in [0.4, 0.5) is 5.82 Å². The van der Waals surface area contributed by atoms with E-state index in [0.717, 1.165) is 63.6 Å². The fourth-order valence-corrected chi connectivity index (χ4v) is 5.61. The monoisotopic (exact) mass is 378 g/mol. The zero-order chi connectivity index (χ0) is 19.1. The smallest absolute Gasteiger partial charge is 0.128 e. The van der Waals surface area contributed by atoms with E-state index in [1.807, 2.05) is 13.0 Å². The second kappa shape index (κ2) is 7.14. The fraction of sp³-hybridized carbons (Fsp3) is 0.522. The van der Waals surface area contributed by atoms with Gasteiger partial charge in [-0.05, 0) is 56.1 Å². The van der Waals surface area contributed by atoms with E-state index in [-0.39, 0.29) is 17.6 Å². The first-order chi connectivity index (χ1) is 13.7. The number of aromatic nitrogens is 1. The summed E-state index contributed by atoms with van der Waals surface area (Å²) >= 11 is 0. The second-order valence-corrected chi connectivity index (χ2v) is 8.54. The van der Waals surface area contributed by atoms with Crippen molar-refractivity contribution in [3.05, 3.63) is 59.3 Å². The lowest BCUT2D eigenvalue weighted by molar-refractivity contribution is -0.00363. The first-order valence-corrected chi connectivity index (χ1v) is 10.6. The summed E-state index contributed by atoms with van der Waals surface area (Å²) in [6.45, 7) is 7.85. The van der Waals surface area contributed by atoms with Crippen molar-refractivity contribution in [1.29, 1.82) is 0 Å². The minimum Gasteiger partial charge on any atom is -0.390 e. The quantitative estimate of drug-likeness (QED) is 0.840. The number of benzene rings is 1. The molecule has 2 fully saturated rings. The van der Waals surface area contributed by atoms with Crippen molar-refractivity contribution >= 4 is 5.82 Å². The molecule has 5 nitrogen and oxygen atoms in total. The van der Waals surface area contributed by atoms with Gasteiger partial charge in [-0.1, -0.05) is 30.3 Å². The van der Waals surface area contributed by atoms with Crippen LogP contribution in [0.5, 0.6) is 0 Å². The minimum atomic E-state index is -0.323. The lowest BCUT2D eigenvalue weighted by atomic mass is 9.72. The standard InChI is InChI=1S/C23H30N4O/c1-17-5-4-8-20(25-17)26-13-15-27(16-14-26)21-18-6-2-3-7-19(18)23(22(21)28)9-11-24-12-10-23/h2-8,21-22,24,28H,9-16H2,1H3/t21-,22+/m1/s1. The van der Waals surface area contributed by atoms with E-state index in [9.17, 15) is 5.11 Å². The van der Waals surface area contributed by atoms with Gasteiger partial charge < -0.3 is 15.3 Å². The molecule has 2 aromatic rings. The molecule has 0 unspecified atom stereocenters. The van der Waals surface area contributed by atoms with E-state index < -0.39 is 0 Å². The maximum atomic E-state index is 11.6. The Morgan fingerprint density at radius 1 is 1.00 bits per heavy atom. The summed E-state index contributed by atoms with van der Waals surface area (Å²) in [6.07, 6.45) is 1.72. The lowest BCUT2D eigenvalue weighted by Gasteiger charge is -2.43. The molecular formula is C23H30N4O. The molecule has 5 heteroatoms. The Morgan fingerprint density at radius 2 is 1.75 bits per heavy atom. The van der Waals surface area contributed by atoms with Crippen molar-refractivity contribution in [3.63, 3.8) is 0 Å². The molecule has 1 aromatic carbocycles. The molecule has 0 bridgehead atoms. The van der Waals surface area contributed by atoms with Crippen LogP contribution in [-0.2, 0) is 5.41 Å². The van der Waals surface area contributed by atoms with Crippen LogP contribution in [0.1, 0.15) is 35.7 Å². The lowest BCUT2D eigenvalue weighted by Crippen LogP contribution is -2.53. The molecule has 0 amide bonds. The van der Waals surface area contributed by atoms with Gasteiger partial charge in [-0.25, -0.2) is 4.98 Å². The van der Waals surface area contributed by atoms with Gasteiger partial charge >= 0.3 is 0 Å². The fourth-order valence-electron chi connectivity index (χ4n) is 5.61. The Bertz CT molecular complexity index is 840. The van der Waals surface area contributed by atoms with Crippen molar-refractivity contribution in [1.82, 2.24) is 15.2 Å². The number of aliphatic hydroxyl groups is 1. The predicted octanol–water partition coefficient (Wildman–Crippen LogP) is 2.25. The number of hydrogen-bond donors (Lipinski definition) is 2. The van der Waals surface area contributed by atoms with Crippen LogP contribution in [0.3, 0.4) is 0 Å². The molecule has 2 N–H and O–H groups in total. The van der Waals surface area contributed by atoms with Gasteiger partial charge in [0.05, 0.1) is 12.1 Å². The molecule has 2 saturated heterocycles. The Balaban J connectivity index is 1.38. The zero-order valence-corrected chi connectivity index (χ0v) is 16.6. The van der Waals surface area contributed by atoms with Crippen LogP contribution in [0.2, 0.25) is 0 Å². The number of piperazine rings is 1. The van der Waals surface area contributed by atoms with Crippen molar-refractivity contribution < 1.29 is 5.11 Å². The average Bonchev–Trinajstić information content (AvgIpc) is 2.97. The number of anilines is 1. The van der Waals surface area contributed by atoms with E-state index in [0.29, 0.717) is 0 Å². The Labute approximate surface area is 167 Å². The highest BCUT2D eigenvalue weighted by molar-refractivity contribution is 5.46. The SMILES string of the molecule is Cc1cccc(N2CCN([C@@H]3c4ccccc4C4(CCNCC4)[C@H]3O)CC2)n1. The number of piperidine rings is 1. The third-order valence-electron chi connectivity index (χ3n) is 7.08. The van der Waals surface area contributed by atoms with Crippen LogP contribution >= 0.6 is 0 Å². The van der Waals surface area contributed by atoms with Gasteiger partial charge in [0.1, 0.15) is 5.82 Å². The molecule has 1 aromatic heterocycles. The number of pyridine rings is 1. The Kier molecular flexibility index (Phi) is 4.62. The summed E-state index contributed by atoms with van der Waals surface area (Å²) in [5.74, 6) is 1.07. The first-order valence-electron chi connectivity index (χ1n) is 10.6. The maximum absolute atomic E-state index is 11.6. The predicted molar refractivity (Wildman–Crippen MR) is 112 cm³/mol. The zero-order valence-electron chi connectivity index (χ0n) is 16.6.